The van der Waals surface area contributed by atoms with Crippen LogP contribution in [0.5, 0.6) is 0 Å². The Balaban J connectivity index is 1.42. The second-order valence-corrected chi connectivity index (χ2v) is 9.70. The number of piperazine rings is 1. The lowest BCUT2D eigenvalue weighted by Crippen LogP contribution is -2.48. The van der Waals surface area contributed by atoms with Gasteiger partial charge in [-0.2, -0.15) is 4.31 Å². The fraction of sp³-hybridized carbons (Fsp3) is 0.292. The molecule has 31 heavy (non-hydrogen) atoms. The van der Waals surface area contributed by atoms with E-state index in [4.69, 9.17) is 5.73 Å². The van der Waals surface area contributed by atoms with Crippen molar-refractivity contribution >= 4 is 32.3 Å². The lowest BCUT2D eigenvalue weighted by molar-refractivity contribution is 0.0980. The van der Waals surface area contributed by atoms with Crippen LogP contribution in [-0.2, 0) is 10.0 Å². The zero-order valence-corrected chi connectivity index (χ0v) is 18.2. The molecule has 0 radical (unpaired) electrons. The minimum atomic E-state index is -3.53. The highest BCUT2D eigenvalue weighted by Gasteiger charge is 2.28. The first-order valence-corrected chi connectivity index (χ1v) is 12.0. The third-order valence-electron chi connectivity index (χ3n) is 5.76. The van der Waals surface area contributed by atoms with Gasteiger partial charge in [0.15, 0.2) is 5.78 Å². The lowest BCUT2D eigenvalue weighted by Gasteiger charge is -2.35. The molecule has 0 aliphatic carbocycles. The fourth-order valence-electron chi connectivity index (χ4n) is 3.93. The Labute approximate surface area is 183 Å². The molecule has 4 rings (SSSR count). The van der Waals surface area contributed by atoms with Crippen LogP contribution in [0, 0.1) is 0 Å². The number of ketones is 1. The minimum absolute atomic E-state index is 0.100. The summed E-state index contributed by atoms with van der Waals surface area (Å²) >= 11 is 0. The summed E-state index contributed by atoms with van der Waals surface area (Å²) in [6.07, 6.45) is 1.15. The topological polar surface area (TPSA) is 83.7 Å². The zero-order chi connectivity index (χ0) is 21.8. The smallest absolute Gasteiger partial charge is 0.243 e. The van der Waals surface area contributed by atoms with E-state index < -0.39 is 10.0 Å². The fourth-order valence-corrected chi connectivity index (χ4v) is 5.39. The first-order chi connectivity index (χ1) is 15.0. The van der Waals surface area contributed by atoms with Crippen molar-refractivity contribution in [3.8, 4) is 0 Å². The van der Waals surface area contributed by atoms with Gasteiger partial charge in [0, 0.05) is 43.9 Å². The van der Waals surface area contributed by atoms with Crippen LogP contribution in [0.15, 0.2) is 71.6 Å². The Morgan fingerprint density at radius 3 is 2.23 bits per heavy atom. The number of benzene rings is 3. The molecular weight excluding hydrogens is 410 g/mol. The monoisotopic (exact) mass is 437 g/mol. The van der Waals surface area contributed by atoms with E-state index in [9.17, 15) is 13.2 Å². The van der Waals surface area contributed by atoms with Gasteiger partial charge in [-0.1, -0.05) is 30.3 Å². The normalized spacial score (nSPS) is 15.3. The number of Topliss-reactive ketones (excluding diaryl/α,β-unsaturated/α-hetero) is 1. The van der Waals surface area contributed by atoms with Gasteiger partial charge in [0.2, 0.25) is 10.0 Å². The molecule has 2 N–H and O–H groups in total. The summed E-state index contributed by atoms with van der Waals surface area (Å²) in [5, 5.41) is 1.94. The molecule has 1 aliphatic rings. The molecule has 0 atom stereocenters. The van der Waals surface area contributed by atoms with Gasteiger partial charge in [-0.25, -0.2) is 8.42 Å². The number of nitrogens with zero attached hydrogens (tertiary/aromatic N) is 2. The van der Waals surface area contributed by atoms with E-state index in [1.165, 1.54) is 0 Å². The van der Waals surface area contributed by atoms with Gasteiger partial charge in [0.1, 0.15) is 0 Å². The molecule has 1 fully saturated rings. The van der Waals surface area contributed by atoms with Gasteiger partial charge < -0.3 is 10.6 Å². The summed E-state index contributed by atoms with van der Waals surface area (Å²) in [5.41, 5.74) is 7.16. The molecule has 0 saturated carbocycles. The number of hydrogen-bond acceptors (Lipinski definition) is 5. The Morgan fingerprint density at radius 2 is 1.55 bits per heavy atom. The number of fused-ring (bicyclic) bond motifs is 1. The lowest BCUT2D eigenvalue weighted by atomic mass is 10.1. The highest BCUT2D eigenvalue weighted by atomic mass is 32.2. The van der Waals surface area contributed by atoms with Crippen LogP contribution in [-0.4, -0.2) is 51.2 Å². The number of hydrogen-bond donors (Lipinski definition) is 1. The molecule has 3 aromatic rings. The number of anilines is 1. The number of sulfonamides is 1. The Morgan fingerprint density at radius 1 is 0.871 bits per heavy atom. The largest absolute Gasteiger partial charge is 0.369 e. The summed E-state index contributed by atoms with van der Waals surface area (Å²) < 4.78 is 27.8. The van der Waals surface area contributed by atoms with Crippen LogP contribution >= 0.6 is 0 Å². The van der Waals surface area contributed by atoms with Crippen molar-refractivity contribution in [1.29, 1.82) is 0 Å². The summed E-state index contributed by atoms with van der Waals surface area (Å²) in [4.78, 5) is 14.6. The maximum Gasteiger partial charge on any atom is 0.243 e. The molecule has 0 aromatic heterocycles. The van der Waals surface area contributed by atoms with Crippen molar-refractivity contribution in [1.82, 2.24) is 4.31 Å². The van der Waals surface area contributed by atoms with Gasteiger partial charge >= 0.3 is 0 Å². The second kappa shape index (κ2) is 9.18. The van der Waals surface area contributed by atoms with E-state index in [0.29, 0.717) is 56.0 Å². The third kappa shape index (κ3) is 4.63. The minimum Gasteiger partial charge on any atom is -0.369 e. The van der Waals surface area contributed by atoms with Crippen LogP contribution in [0.2, 0.25) is 0 Å². The average Bonchev–Trinajstić information content (AvgIpc) is 2.82. The Kier molecular flexibility index (Phi) is 6.36. The van der Waals surface area contributed by atoms with Crippen LogP contribution in [0.4, 0.5) is 5.69 Å². The molecule has 1 aliphatic heterocycles. The quantitative estimate of drug-likeness (QED) is 0.574. The van der Waals surface area contributed by atoms with E-state index in [2.05, 4.69) is 4.90 Å². The average molecular weight is 438 g/mol. The van der Waals surface area contributed by atoms with Crippen LogP contribution in [0.1, 0.15) is 23.2 Å². The predicted octanol–water partition coefficient (Wildman–Crippen LogP) is 3.27. The number of carbonyl (C=O) groups excluding carboxylic acids is 1. The van der Waals surface area contributed by atoms with Crippen molar-refractivity contribution in [3.63, 3.8) is 0 Å². The maximum atomic E-state index is 13.1. The zero-order valence-electron chi connectivity index (χ0n) is 17.4. The van der Waals surface area contributed by atoms with Gasteiger partial charge in [0.05, 0.1) is 4.90 Å². The Bertz CT molecular complexity index is 1170. The summed E-state index contributed by atoms with van der Waals surface area (Å²) in [7, 11) is -3.53. The van der Waals surface area contributed by atoms with E-state index in [1.54, 1.807) is 16.4 Å². The summed E-state index contributed by atoms with van der Waals surface area (Å²) in [6.45, 7) is 2.56. The molecule has 6 nitrogen and oxygen atoms in total. The van der Waals surface area contributed by atoms with Gasteiger partial charge in [0.25, 0.3) is 0 Å². The van der Waals surface area contributed by atoms with E-state index in [-0.39, 0.29) is 5.78 Å². The first-order valence-electron chi connectivity index (χ1n) is 10.6. The predicted molar refractivity (Wildman–Crippen MR) is 124 cm³/mol. The molecular formula is C24H27N3O3S. The van der Waals surface area contributed by atoms with Crippen molar-refractivity contribution in [3.05, 3.63) is 72.3 Å². The molecule has 3 aromatic carbocycles. The highest BCUT2D eigenvalue weighted by molar-refractivity contribution is 7.89. The molecule has 1 heterocycles. The highest BCUT2D eigenvalue weighted by Crippen LogP contribution is 2.24. The molecule has 0 bridgehead atoms. The standard InChI is InChI=1S/C24H27N3O3S/c25-13-3-6-24(28)20-7-10-22(11-8-20)26-14-16-27(17-15-26)31(29,30)23-12-9-19-4-1-2-5-21(19)18-23/h1-2,4-5,7-12,18H,3,6,13-17,25H2. The van der Waals surface area contributed by atoms with E-state index >= 15 is 0 Å². The van der Waals surface area contributed by atoms with Crippen molar-refractivity contribution in [2.75, 3.05) is 37.6 Å². The molecule has 162 valence electrons. The SMILES string of the molecule is NCCCC(=O)c1ccc(N2CCN(S(=O)(=O)c3ccc4ccccc4c3)CC2)cc1. The van der Waals surface area contributed by atoms with Gasteiger partial charge in [-0.3, -0.25) is 4.79 Å². The Hall–Kier alpha value is -2.74. The number of carbonyl (C=O) groups is 1. The van der Waals surface area contributed by atoms with Gasteiger partial charge in [-0.05, 0) is 60.1 Å². The van der Waals surface area contributed by atoms with Crippen LogP contribution in [0.3, 0.4) is 0 Å². The third-order valence-corrected chi connectivity index (χ3v) is 7.65. The summed E-state index contributed by atoms with van der Waals surface area (Å²) in [5.74, 6) is 0.100. The van der Waals surface area contributed by atoms with Gasteiger partial charge in [-0.15, -0.1) is 0 Å². The number of nitrogens with two attached hydrogens (primary N) is 1. The molecule has 7 heteroatoms. The maximum absolute atomic E-state index is 13.1. The number of rotatable bonds is 7. The van der Waals surface area contributed by atoms with Crippen LogP contribution in [0.25, 0.3) is 10.8 Å². The van der Waals surface area contributed by atoms with E-state index in [0.717, 1.165) is 16.5 Å². The molecule has 1 saturated heterocycles. The van der Waals surface area contributed by atoms with E-state index in [1.807, 2.05) is 54.6 Å². The van der Waals surface area contributed by atoms with Crippen LogP contribution < -0.4 is 10.6 Å². The first kappa shape index (κ1) is 21.5. The summed E-state index contributed by atoms with van der Waals surface area (Å²) in [6, 6.07) is 20.6. The second-order valence-electron chi connectivity index (χ2n) is 7.76. The molecule has 0 amide bonds. The van der Waals surface area contributed by atoms with Crippen molar-refractivity contribution in [2.45, 2.75) is 17.7 Å². The van der Waals surface area contributed by atoms with Crippen molar-refractivity contribution in [2.24, 2.45) is 5.73 Å². The van der Waals surface area contributed by atoms with Crippen molar-refractivity contribution < 1.29 is 13.2 Å². The molecule has 0 spiro atoms. The molecule has 0 unspecified atom stereocenters.